The summed E-state index contributed by atoms with van der Waals surface area (Å²) in [6.45, 7) is 0.770. The number of benzene rings is 2. The van der Waals surface area contributed by atoms with E-state index in [1.807, 2.05) is 19.2 Å². The van der Waals surface area contributed by atoms with Crippen LogP contribution in [0.4, 0.5) is 5.69 Å². The molecule has 0 atom stereocenters. The summed E-state index contributed by atoms with van der Waals surface area (Å²) in [6.07, 6.45) is 0. The van der Waals surface area contributed by atoms with Gasteiger partial charge in [-0.05, 0) is 30.8 Å². The second kappa shape index (κ2) is 5.97. The zero-order valence-corrected chi connectivity index (χ0v) is 10.5. The summed E-state index contributed by atoms with van der Waals surface area (Å²) >= 11 is 0. The monoisotopic (exact) mass is 258 g/mol. The Kier molecular flexibility index (Phi) is 4.10. The highest BCUT2D eigenvalue weighted by Gasteiger charge is 2.14. The van der Waals surface area contributed by atoms with E-state index >= 15 is 0 Å². The van der Waals surface area contributed by atoms with Crippen LogP contribution in [0.5, 0.6) is 11.5 Å². The predicted molar refractivity (Wildman–Crippen MR) is 72.4 cm³/mol. The lowest BCUT2D eigenvalue weighted by molar-refractivity contribution is -0.385. The molecule has 0 unspecified atom stereocenters. The molecule has 0 spiro atoms. The first kappa shape index (κ1) is 13.0. The van der Waals surface area contributed by atoms with E-state index in [1.165, 1.54) is 6.07 Å². The van der Waals surface area contributed by atoms with Crippen molar-refractivity contribution in [3.05, 3.63) is 64.2 Å². The van der Waals surface area contributed by atoms with Crippen molar-refractivity contribution < 1.29 is 9.66 Å². The van der Waals surface area contributed by atoms with E-state index in [4.69, 9.17) is 4.74 Å². The van der Waals surface area contributed by atoms with Crippen molar-refractivity contribution in [2.24, 2.45) is 0 Å². The summed E-state index contributed by atoms with van der Waals surface area (Å²) in [6, 6.07) is 13.7. The summed E-state index contributed by atoms with van der Waals surface area (Å²) in [7, 11) is 1.87. The number of para-hydroxylation sites is 2. The molecule has 0 heterocycles. The van der Waals surface area contributed by atoms with E-state index in [9.17, 15) is 10.1 Å². The summed E-state index contributed by atoms with van der Waals surface area (Å²) in [4.78, 5) is 10.4. The van der Waals surface area contributed by atoms with Crippen molar-refractivity contribution in [3.8, 4) is 11.5 Å². The summed E-state index contributed by atoms with van der Waals surface area (Å²) < 4.78 is 5.54. The minimum absolute atomic E-state index is 0.0400. The predicted octanol–water partition coefficient (Wildman–Crippen LogP) is 3.11. The zero-order valence-electron chi connectivity index (χ0n) is 10.5. The Morgan fingerprint density at radius 3 is 2.47 bits per heavy atom. The number of rotatable bonds is 5. The quantitative estimate of drug-likeness (QED) is 0.661. The molecule has 0 aliphatic rings. The number of ether oxygens (including phenoxy) is 1. The van der Waals surface area contributed by atoms with Crippen LogP contribution in [0.2, 0.25) is 0 Å². The molecule has 0 bridgehead atoms. The molecule has 0 amide bonds. The minimum atomic E-state index is -0.454. The van der Waals surface area contributed by atoms with Gasteiger partial charge in [-0.25, -0.2) is 0 Å². The van der Waals surface area contributed by atoms with E-state index in [-0.39, 0.29) is 11.4 Å². The molecule has 2 aromatic rings. The number of nitro benzene ring substituents is 1. The van der Waals surface area contributed by atoms with E-state index in [2.05, 4.69) is 5.32 Å². The van der Waals surface area contributed by atoms with Crippen molar-refractivity contribution in [2.75, 3.05) is 7.05 Å². The highest BCUT2D eigenvalue weighted by molar-refractivity contribution is 5.48. The number of hydrogen-bond acceptors (Lipinski definition) is 4. The van der Waals surface area contributed by atoms with Crippen LogP contribution in [0.1, 0.15) is 5.56 Å². The lowest BCUT2D eigenvalue weighted by atomic mass is 10.2. The van der Waals surface area contributed by atoms with Crippen LogP contribution in [0.25, 0.3) is 0 Å². The molecule has 0 fully saturated rings. The molecule has 1 N–H and O–H groups in total. The first-order valence-electron chi connectivity index (χ1n) is 5.85. The third kappa shape index (κ3) is 3.29. The first-order valence-corrected chi connectivity index (χ1v) is 5.85. The molecule has 5 heteroatoms. The number of nitrogens with zero attached hydrogens (tertiary/aromatic N) is 1. The fraction of sp³-hybridized carbons (Fsp3) is 0.143. The molecule has 98 valence electrons. The smallest absolute Gasteiger partial charge is 0.311 e. The van der Waals surface area contributed by atoms with Gasteiger partial charge in [-0.15, -0.1) is 0 Å². The van der Waals surface area contributed by atoms with Crippen molar-refractivity contribution in [3.63, 3.8) is 0 Å². The number of nitrogens with one attached hydrogen (secondary N) is 1. The topological polar surface area (TPSA) is 64.4 Å². The largest absolute Gasteiger partial charge is 0.450 e. The third-order valence-corrected chi connectivity index (χ3v) is 2.59. The lowest BCUT2D eigenvalue weighted by Gasteiger charge is -2.07. The molecule has 0 saturated carbocycles. The Morgan fingerprint density at radius 2 is 1.84 bits per heavy atom. The van der Waals surface area contributed by atoms with Gasteiger partial charge in [0.25, 0.3) is 0 Å². The maximum Gasteiger partial charge on any atom is 0.311 e. The zero-order chi connectivity index (χ0) is 13.7. The Morgan fingerprint density at radius 1 is 1.16 bits per heavy atom. The van der Waals surface area contributed by atoms with Gasteiger partial charge in [0.15, 0.2) is 0 Å². The molecule has 5 nitrogen and oxygen atoms in total. The second-order valence-electron chi connectivity index (χ2n) is 4.00. The van der Waals surface area contributed by atoms with Gasteiger partial charge in [-0.2, -0.15) is 0 Å². The minimum Gasteiger partial charge on any atom is -0.450 e. The molecular weight excluding hydrogens is 244 g/mol. The lowest BCUT2D eigenvalue weighted by Crippen LogP contribution is -2.04. The van der Waals surface area contributed by atoms with Gasteiger partial charge in [0.1, 0.15) is 5.75 Å². The van der Waals surface area contributed by atoms with E-state index in [0.29, 0.717) is 5.75 Å². The molecule has 0 radical (unpaired) electrons. The average Bonchev–Trinajstić information content (AvgIpc) is 2.42. The summed E-state index contributed by atoms with van der Waals surface area (Å²) in [5.74, 6) is 0.822. The van der Waals surface area contributed by atoms with Crippen LogP contribution in [-0.2, 0) is 6.54 Å². The van der Waals surface area contributed by atoms with E-state index in [1.54, 1.807) is 30.3 Å². The van der Waals surface area contributed by atoms with Gasteiger partial charge in [0, 0.05) is 12.6 Å². The van der Waals surface area contributed by atoms with Crippen molar-refractivity contribution in [1.29, 1.82) is 0 Å². The Labute approximate surface area is 111 Å². The normalized spacial score (nSPS) is 10.2. The first-order chi connectivity index (χ1) is 9.20. The third-order valence-electron chi connectivity index (χ3n) is 2.59. The van der Waals surface area contributed by atoms with E-state index < -0.39 is 4.92 Å². The van der Waals surface area contributed by atoms with Gasteiger partial charge in [0.2, 0.25) is 5.75 Å². The van der Waals surface area contributed by atoms with Crippen molar-refractivity contribution >= 4 is 5.69 Å². The number of hydrogen-bond donors (Lipinski definition) is 1. The molecule has 2 rings (SSSR count). The van der Waals surface area contributed by atoms with Gasteiger partial charge in [-0.1, -0.05) is 24.3 Å². The van der Waals surface area contributed by atoms with Gasteiger partial charge < -0.3 is 10.1 Å². The summed E-state index contributed by atoms with van der Waals surface area (Å²) in [5.41, 5.74) is 1.08. The highest BCUT2D eigenvalue weighted by atomic mass is 16.6. The molecule has 0 aliphatic carbocycles. The van der Waals surface area contributed by atoms with Gasteiger partial charge in [-0.3, -0.25) is 10.1 Å². The summed E-state index contributed by atoms with van der Waals surface area (Å²) in [5, 5.41) is 13.9. The van der Waals surface area contributed by atoms with Crippen LogP contribution >= 0.6 is 0 Å². The highest BCUT2D eigenvalue weighted by Crippen LogP contribution is 2.30. The standard InChI is InChI=1S/C14H14N2O3/c1-15-10-11-6-8-12(9-7-11)19-14-5-3-2-4-13(14)16(17)18/h2-9,15H,10H2,1H3. The Bertz CT molecular complexity index is 567. The SMILES string of the molecule is CNCc1ccc(Oc2ccccc2[N+](=O)[O-])cc1. The van der Waals surface area contributed by atoms with Crippen LogP contribution in [0.3, 0.4) is 0 Å². The number of nitro groups is 1. The fourth-order valence-electron chi connectivity index (χ4n) is 1.70. The van der Waals surface area contributed by atoms with Crippen LogP contribution < -0.4 is 10.1 Å². The molecule has 2 aromatic carbocycles. The Balaban J connectivity index is 2.19. The van der Waals surface area contributed by atoms with Crippen molar-refractivity contribution in [2.45, 2.75) is 6.54 Å². The van der Waals surface area contributed by atoms with Gasteiger partial charge in [0.05, 0.1) is 4.92 Å². The van der Waals surface area contributed by atoms with Crippen molar-refractivity contribution in [1.82, 2.24) is 5.32 Å². The molecule has 0 aromatic heterocycles. The fourth-order valence-corrected chi connectivity index (χ4v) is 1.70. The Hall–Kier alpha value is -2.40. The van der Waals surface area contributed by atoms with Gasteiger partial charge >= 0.3 is 5.69 Å². The van der Waals surface area contributed by atoms with Crippen LogP contribution in [-0.4, -0.2) is 12.0 Å². The average molecular weight is 258 g/mol. The maximum atomic E-state index is 10.9. The molecular formula is C14H14N2O3. The van der Waals surface area contributed by atoms with Crippen LogP contribution in [0, 0.1) is 10.1 Å². The maximum absolute atomic E-state index is 10.9. The van der Waals surface area contributed by atoms with Crippen LogP contribution in [0.15, 0.2) is 48.5 Å². The molecule has 0 saturated heterocycles. The molecule has 0 aliphatic heterocycles. The molecule has 19 heavy (non-hydrogen) atoms. The van der Waals surface area contributed by atoms with E-state index in [0.717, 1.165) is 12.1 Å². The second-order valence-corrected chi connectivity index (χ2v) is 4.00.